The van der Waals surface area contributed by atoms with Crippen LogP contribution in [0.3, 0.4) is 0 Å². The summed E-state index contributed by atoms with van der Waals surface area (Å²) in [6, 6.07) is -0.432. The quantitative estimate of drug-likeness (QED) is 0.749. The van der Waals surface area contributed by atoms with Gasteiger partial charge in [-0.2, -0.15) is 0 Å². The van der Waals surface area contributed by atoms with Crippen LogP contribution in [-0.4, -0.2) is 41.0 Å². The fourth-order valence-electron chi connectivity index (χ4n) is 2.99. The number of carboxylic acid groups (broad SMARTS) is 1. The van der Waals surface area contributed by atoms with Crippen LogP contribution in [0.4, 0.5) is 0 Å². The Morgan fingerprint density at radius 2 is 1.85 bits per heavy atom. The van der Waals surface area contributed by atoms with Crippen molar-refractivity contribution in [2.24, 2.45) is 11.1 Å². The van der Waals surface area contributed by atoms with Crippen molar-refractivity contribution < 1.29 is 14.7 Å². The molecule has 0 aliphatic carbocycles. The molecule has 0 spiro atoms. The predicted octanol–water partition coefficient (Wildman–Crippen LogP) is 2.00. The van der Waals surface area contributed by atoms with E-state index < -0.39 is 17.4 Å². The van der Waals surface area contributed by atoms with Crippen LogP contribution in [-0.2, 0) is 9.59 Å². The molecular weight excluding hydrogens is 256 g/mol. The van der Waals surface area contributed by atoms with Crippen LogP contribution in [0, 0.1) is 5.41 Å². The highest BCUT2D eigenvalue weighted by Gasteiger charge is 2.41. The van der Waals surface area contributed by atoms with E-state index in [0.717, 1.165) is 19.3 Å². The van der Waals surface area contributed by atoms with E-state index in [4.69, 9.17) is 5.73 Å². The normalized spacial score (nSPS) is 19.6. The Morgan fingerprint density at radius 1 is 1.25 bits per heavy atom. The van der Waals surface area contributed by atoms with Crippen LogP contribution in [0.2, 0.25) is 0 Å². The molecule has 1 heterocycles. The van der Waals surface area contributed by atoms with Crippen molar-refractivity contribution in [1.29, 1.82) is 0 Å². The van der Waals surface area contributed by atoms with E-state index in [9.17, 15) is 14.7 Å². The minimum absolute atomic E-state index is 0.0195. The van der Waals surface area contributed by atoms with Crippen LogP contribution in [0.5, 0.6) is 0 Å². The Morgan fingerprint density at radius 3 is 2.30 bits per heavy atom. The lowest BCUT2D eigenvalue weighted by atomic mass is 9.75. The van der Waals surface area contributed by atoms with E-state index in [2.05, 4.69) is 6.92 Å². The molecule has 0 aromatic carbocycles. The molecule has 1 amide bonds. The number of nitrogens with two attached hydrogens (primary N) is 1. The van der Waals surface area contributed by atoms with Gasteiger partial charge in [0.05, 0.1) is 11.5 Å². The lowest BCUT2D eigenvalue weighted by molar-refractivity contribution is -0.155. The van der Waals surface area contributed by atoms with Gasteiger partial charge in [0, 0.05) is 13.1 Å². The number of aliphatic carboxylic acids is 1. The SMILES string of the molecule is CCCCC(N)C(=O)N1CCC(CCC)(C(=O)O)CC1. The van der Waals surface area contributed by atoms with Crippen LogP contribution in [0.25, 0.3) is 0 Å². The average molecular weight is 284 g/mol. The fourth-order valence-corrected chi connectivity index (χ4v) is 2.99. The van der Waals surface area contributed by atoms with Crippen LogP contribution >= 0.6 is 0 Å². The largest absolute Gasteiger partial charge is 0.481 e. The smallest absolute Gasteiger partial charge is 0.309 e. The summed E-state index contributed by atoms with van der Waals surface area (Å²) in [4.78, 5) is 25.4. The second-order valence-electron chi connectivity index (χ2n) is 5.91. The second kappa shape index (κ2) is 7.62. The molecule has 0 aromatic rings. The van der Waals surface area contributed by atoms with Gasteiger partial charge in [0.2, 0.25) is 5.91 Å². The number of carboxylic acids is 1. The lowest BCUT2D eigenvalue weighted by Gasteiger charge is -2.39. The third-order valence-corrected chi connectivity index (χ3v) is 4.40. The standard InChI is InChI=1S/C15H28N2O3/c1-3-5-6-12(16)13(18)17-10-8-15(7-4-2,9-11-17)14(19)20/h12H,3-11,16H2,1-2H3,(H,19,20). The number of likely N-dealkylation sites (tertiary alicyclic amines) is 1. The van der Waals surface area contributed by atoms with Crippen molar-refractivity contribution >= 4 is 11.9 Å². The number of hydrogen-bond donors (Lipinski definition) is 2. The molecule has 5 heteroatoms. The fraction of sp³-hybridized carbons (Fsp3) is 0.867. The molecule has 20 heavy (non-hydrogen) atoms. The van der Waals surface area contributed by atoms with Crippen molar-refractivity contribution in [2.45, 2.75) is 64.8 Å². The summed E-state index contributed by atoms with van der Waals surface area (Å²) in [5.41, 5.74) is 5.27. The highest BCUT2D eigenvalue weighted by atomic mass is 16.4. The molecule has 0 radical (unpaired) electrons. The molecule has 0 aromatic heterocycles. The third-order valence-electron chi connectivity index (χ3n) is 4.40. The van der Waals surface area contributed by atoms with Crippen LogP contribution in [0.1, 0.15) is 58.8 Å². The summed E-state index contributed by atoms with van der Waals surface area (Å²) in [5.74, 6) is -0.740. The predicted molar refractivity (Wildman–Crippen MR) is 78.3 cm³/mol. The summed E-state index contributed by atoms with van der Waals surface area (Å²) in [7, 11) is 0. The van der Waals surface area contributed by atoms with Crippen LogP contribution in [0.15, 0.2) is 0 Å². The minimum atomic E-state index is -0.721. The first-order chi connectivity index (χ1) is 9.46. The monoisotopic (exact) mass is 284 g/mol. The van der Waals surface area contributed by atoms with Gasteiger partial charge in [-0.15, -0.1) is 0 Å². The molecule has 3 N–H and O–H groups in total. The number of carbonyl (C=O) groups is 2. The van der Waals surface area contributed by atoms with E-state index in [1.165, 1.54) is 0 Å². The van der Waals surface area contributed by atoms with Gasteiger partial charge in [-0.1, -0.05) is 33.1 Å². The molecule has 1 aliphatic rings. The highest BCUT2D eigenvalue weighted by molar-refractivity contribution is 5.82. The second-order valence-corrected chi connectivity index (χ2v) is 5.91. The summed E-state index contributed by atoms with van der Waals surface area (Å²) in [6.45, 7) is 5.11. The van der Waals surface area contributed by atoms with Crippen molar-refractivity contribution in [2.75, 3.05) is 13.1 Å². The zero-order valence-electron chi connectivity index (χ0n) is 12.7. The molecular formula is C15H28N2O3. The third kappa shape index (κ3) is 3.95. The summed E-state index contributed by atoms with van der Waals surface area (Å²) in [5, 5.41) is 9.44. The van der Waals surface area contributed by atoms with Crippen molar-refractivity contribution in [3.63, 3.8) is 0 Å². The molecule has 1 saturated heterocycles. The summed E-state index contributed by atoms with van der Waals surface area (Å²) >= 11 is 0. The molecule has 1 unspecified atom stereocenters. The Kier molecular flexibility index (Phi) is 6.46. The van der Waals surface area contributed by atoms with Gasteiger partial charge in [-0.25, -0.2) is 0 Å². The van der Waals surface area contributed by atoms with Gasteiger partial charge < -0.3 is 15.7 Å². The van der Waals surface area contributed by atoms with Crippen molar-refractivity contribution in [1.82, 2.24) is 4.90 Å². The van der Waals surface area contributed by atoms with Gasteiger partial charge in [0.25, 0.3) is 0 Å². The Labute approximate surface area is 121 Å². The molecule has 1 atom stereocenters. The van der Waals surface area contributed by atoms with Crippen molar-refractivity contribution in [3.05, 3.63) is 0 Å². The number of nitrogens with zero attached hydrogens (tertiary/aromatic N) is 1. The molecule has 1 aliphatic heterocycles. The number of piperidine rings is 1. The van der Waals surface area contributed by atoms with Crippen LogP contribution < -0.4 is 5.73 Å². The first-order valence-corrected chi connectivity index (χ1v) is 7.74. The first kappa shape index (κ1) is 17.0. The number of unbranched alkanes of at least 4 members (excludes halogenated alkanes) is 1. The molecule has 0 saturated carbocycles. The maximum atomic E-state index is 12.2. The molecule has 0 bridgehead atoms. The van der Waals surface area contributed by atoms with E-state index in [1.54, 1.807) is 4.90 Å². The van der Waals surface area contributed by atoms with Gasteiger partial charge in [-0.3, -0.25) is 9.59 Å². The van der Waals surface area contributed by atoms with Gasteiger partial charge in [0.15, 0.2) is 0 Å². The van der Waals surface area contributed by atoms with Gasteiger partial charge >= 0.3 is 5.97 Å². The lowest BCUT2D eigenvalue weighted by Crippen LogP contribution is -2.51. The Bertz CT molecular complexity index is 336. The number of carbonyl (C=O) groups excluding carboxylic acids is 1. The average Bonchev–Trinajstić information content (AvgIpc) is 2.44. The highest BCUT2D eigenvalue weighted by Crippen LogP contribution is 2.36. The van der Waals surface area contributed by atoms with Gasteiger partial charge in [0.1, 0.15) is 0 Å². The Hall–Kier alpha value is -1.10. The number of amides is 1. The zero-order valence-corrected chi connectivity index (χ0v) is 12.7. The number of rotatable bonds is 7. The molecule has 1 fully saturated rings. The maximum Gasteiger partial charge on any atom is 0.309 e. The molecule has 116 valence electrons. The minimum Gasteiger partial charge on any atom is -0.481 e. The topological polar surface area (TPSA) is 83.6 Å². The zero-order chi connectivity index (χ0) is 15.2. The van der Waals surface area contributed by atoms with Gasteiger partial charge in [-0.05, 0) is 25.7 Å². The first-order valence-electron chi connectivity index (χ1n) is 7.74. The summed E-state index contributed by atoms with van der Waals surface area (Å²) in [6.07, 6.45) is 5.33. The van der Waals surface area contributed by atoms with Crippen molar-refractivity contribution in [3.8, 4) is 0 Å². The van der Waals surface area contributed by atoms with E-state index >= 15 is 0 Å². The Balaban J connectivity index is 2.56. The summed E-state index contributed by atoms with van der Waals surface area (Å²) < 4.78 is 0. The van der Waals surface area contributed by atoms with E-state index in [1.807, 2.05) is 6.92 Å². The molecule has 1 rings (SSSR count). The van der Waals surface area contributed by atoms with E-state index in [-0.39, 0.29) is 5.91 Å². The number of hydrogen-bond acceptors (Lipinski definition) is 3. The maximum absolute atomic E-state index is 12.2. The molecule has 5 nitrogen and oxygen atoms in total. The van der Waals surface area contributed by atoms with E-state index in [0.29, 0.717) is 38.8 Å².